The van der Waals surface area contributed by atoms with Gasteiger partial charge in [0.1, 0.15) is 0 Å². The maximum atomic E-state index is 7.20. The van der Waals surface area contributed by atoms with Gasteiger partial charge >= 0.3 is 0 Å². The summed E-state index contributed by atoms with van der Waals surface area (Å²) in [6, 6.07) is 0. The molecular weight excluding hydrogens is 100 g/mol. The van der Waals surface area contributed by atoms with Crippen LogP contribution < -0.4 is 0 Å². The van der Waals surface area contributed by atoms with Crippen LogP contribution in [0.5, 0.6) is 0 Å². The SMILES string of the molecule is CC(=N)N1C[CH]CC1. The Kier molecular flexibility index (Phi) is 1.51. The molecule has 1 N–H and O–H groups in total. The molecule has 0 aromatic heterocycles. The molecule has 0 unspecified atom stereocenters. The average molecular weight is 111 g/mol. The molecule has 1 radical (unpaired) electrons. The number of amidine groups is 1. The number of hydrogen-bond acceptors (Lipinski definition) is 1. The van der Waals surface area contributed by atoms with Crippen molar-refractivity contribution in [1.82, 2.24) is 4.90 Å². The second-order valence-corrected chi connectivity index (χ2v) is 2.11. The quantitative estimate of drug-likeness (QED) is 0.365. The lowest BCUT2D eigenvalue weighted by atomic mass is 10.4. The predicted molar refractivity (Wildman–Crippen MR) is 33.9 cm³/mol. The summed E-state index contributed by atoms with van der Waals surface area (Å²) in [5.41, 5.74) is 0. The molecule has 2 heteroatoms. The van der Waals surface area contributed by atoms with E-state index in [1.807, 2.05) is 6.92 Å². The standard InChI is InChI=1S/C6H11N2/c1-6(7)8-4-2-3-5-8/h2,7H,3-5H2,1H3. The molecular formula is C6H11N2. The zero-order valence-electron chi connectivity index (χ0n) is 5.15. The zero-order chi connectivity index (χ0) is 5.98. The van der Waals surface area contributed by atoms with Crippen molar-refractivity contribution in [2.24, 2.45) is 0 Å². The molecule has 1 saturated heterocycles. The number of nitrogens with one attached hydrogen (secondary N) is 1. The highest BCUT2D eigenvalue weighted by Crippen LogP contribution is 2.05. The summed E-state index contributed by atoms with van der Waals surface area (Å²) in [5, 5.41) is 7.20. The monoisotopic (exact) mass is 111 g/mol. The van der Waals surface area contributed by atoms with Gasteiger partial charge in [-0.1, -0.05) is 0 Å². The molecule has 0 aromatic carbocycles. The lowest BCUT2D eigenvalue weighted by Gasteiger charge is -2.13. The van der Waals surface area contributed by atoms with Crippen molar-refractivity contribution in [2.45, 2.75) is 13.3 Å². The highest BCUT2D eigenvalue weighted by molar-refractivity contribution is 5.76. The van der Waals surface area contributed by atoms with Gasteiger partial charge in [0.05, 0.1) is 5.84 Å². The van der Waals surface area contributed by atoms with Gasteiger partial charge < -0.3 is 4.90 Å². The smallest absolute Gasteiger partial charge is 0.0925 e. The lowest BCUT2D eigenvalue weighted by Crippen LogP contribution is -2.23. The van der Waals surface area contributed by atoms with Crippen LogP contribution in [-0.4, -0.2) is 23.8 Å². The van der Waals surface area contributed by atoms with Gasteiger partial charge in [0.2, 0.25) is 0 Å². The third kappa shape index (κ3) is 0.997. The minimum absolute atomic E-state index is 0.693. The summed E-state index contributed by atoms with van der Waals surface area (Å²) in [7, 11) is 0. The largest absolute Gasteiger partial charge is 0.360 e. The van der Waals surface area contributed by atoms with E-state index in [0.29, 0.717) is 5.84 Å². The Morgan fingerprint density at radius 3 is 2.75 bits per heavy atom. The van der Waals surface area contributed by atoms with Crippen molar-refractivity contribution in [3.05, 3.63) is 6.42 Å². The molecule has 1 aliphatic rings. The molecule has 0 saturated carbocycles. The fraction of sp³-hybridized carbons (Fsp3) is 0.667. The average Bonchev–Trinajstić information content (AvgIpc) is 2.12. The van der Waals surface area contributed by atoms with Crippen molar-refractivity contribution >= 4 is 5.84 Å². The van der Waals surface area contributed by atoms with Gasteiger partial charge in [0.25, 0.3) is 0 Å². The minimum atomic E-state index is 0.693. The first-order valence-electron chi connectivity index (χ1n) is 2.92. The first-order chi connectivity index (χ1) is 3.80. The van der Waals surface area contributed by atoms with E-state index in [1.54, 1.807) is 0 Å². The first-order valence-corrected chi connectivity index (χ1v) is 2.92. The Hall–Kier alpha value is -0.530. The molecule has 1 rings (SSSR count). The van der Waals surface area contributed by atoms with Crippen molar-refractivity contribution in [3.8, 4) is 0 Å². The Bertz CT molecular complexity index is 92.7. The van der Waals surface area contributed by atoms with Crippen LogP contribution in [0.4, 0.5) is 0 Å². The number of hydrogen-bond donors (Lipinski definition) is 1. The van der Waals surface area contributed by atoms with Crippen molar-refractivity contribution in [3.63, 3.8) is 0 Å². The van der Waals surface area contributed by atoms with E-state index in [2.05, 4.69) is 11.3 Å². The summed E-state index contributed by atoms with van der Waals surface area (Å²) < 4.78 is 0. The molecule has 0 amide bonds. The molecule has 45 valence electrons. The van der Waals surface area contributed by atoms with Crippen LogP contribution in [-0.2, 0) is 0 Å². The van der Waals surface area contributed by atoms with Crippen LogP contribution in [0.1, 0.15) is 13.3 Å². The fourth-order valence-corrected chi connectivity index (χ4v) is 0.890. The van der Waals surface area contributed by atoms with Crippen molar-refractivity contribution in [1.29, 1.82) is 5.41 Å². The Morgan fingerprint density at radius 2 is 2.50 bits per heavy atom. The van der Waals surface area contributed by atoms with Crippen molar-refractivity contribution < 1.29 is 0 Å². The van der Waals surface area contributed by atoms with Crippen LogP contribution in [0.15, 0.2) is 0 Å². The molecule has 1 aliphatic heterocycles. The molecule has 1 heterocycles. The molecule has 8 heavy (non-hydrogen) atoms. The van der Waals surface area contributed by atoms with Gasteiger partial charge in [-0.2, -0.15) is 0 Å². The number of nitrogens with zero attached hydrogens (tertiary/aromatic N) is 1. The minimum Gasteiger partial charge on any atom is -0.360 e. The fourth-order valence-electron chi connectivity index (χ4n) is 0.890. The summed E-state index contributed by atoms with van der Waals surface area (Å²) in [6.45, 7) is 3.86. The van der Waals surface area contributed by atoms with Crippen LogP contribution >= 0.6 is 0 Å². The van der Waals surface area contributed by atoms with E-state index in [-0.39, 0.29) is 0 Å². The summed E-state index contributed by atoms with van der Waals surface area (Å²) >= 11 is 0. The second kappa shape index (κ2) is 2.16. The number of rotatable bonds is 0. The maximum Gasteiger partial charge on any atom is 0.0925 e. The summed E-state index contributed by atoms with van der Waals surface area (Å²) in [5.74, 6) is 0.693. The maximum absolute atomic E-state index is 7.20. The normalized spacial score (nSPS) is 19.4. The first kappa shape index (κ1) is 5.60. The Morgan fingerprint density at radius 1 is 1.75 bits per heavy atom. The summed E-state index contributed by atoms with van der Waals surface area (Å²) in [4.78, 5) is 2.06. The van der Waals surface area contributed by atoms with Gasteiger partial charge in [-0.3, -0.25) is 5.41 Å². The van der Waals surface area contributed by atoms with Gasteiger partial charge in [0.15, 0.2) is 0 Å². The highest BCUT2D eigenvalue weighted by Gasteiger charge is 2.10. The Labute approximate surface area is 50.0 Å². The third-order valence-corrected chi connectivity index (χ3v) is 1.43. The van der Waals surface area contributed by atoms with E-state index in [1.165, 1.54) is 0 Å². The molecule has 0 bridgehead atoms. The highest BCUT2D eigenvalue weighted by atomic mass is 15.2. The van der Waals surface area contributed by atoms with E-state index >= 15 is 0 Å². The van der Waals surface area contributed by atoms with Gasteiger partial charge in [0, 0.05) is 13.1 Å². The van der Waals surface area contributed by atoms with E-state index in [0.717, 1.165) is 19.5 Å². The van der Waals surface area contributed by atoms with E-state index in [4.69, 9.17) is 5.41 Å². The molecule has 0 aliphatic carbocycles. The lowest BCUT2D eigenvalue weighted by molar-refractivity contribution is 0.520. The predicted octanol–water partition coefficient (Wildman–Crippen LogP) is 0.894. The zero-order valence-corrected chi connectivity index (χ0v) is 5.15. The Balaban J connectivity index is 2.35. The van der Waals surface area contributed by atoms with E-state index < -0.39 is 0 Å². The van der Waals surface area contributed by atoms with Gasteiger partial charge in [-0.05, 0) is 19.8 Å². The van der Waals surface area contributed by atoms with Crippen LogP contribution in [0, 0.1) is 11.8 Å². The number of likely N-dealkylation sites (tertiary alicyclic amines) is 1. The van der Waals surface area contributed by atoms with Crippen LogP contribution in [0.2, 0.25) is 0 Å². The molecule has 0 atom stereocenters. The van der Waals surface area contributed by atoms with Crippen LogP contribution in [0.25, 0.3) is 0 Å². The van der Waals surface area contributed by atoms with Crippen LogP contribution in [0.3, 0.4) is 0 Å². The third-order valence-electron chi connectivity index (χ3n) is 1.43. The van der Waals surface area contributed by atoms with Crippen molar-refractivity contribution in [2.75, 3.05) is 13.1 Å². The summed E-state index contributed by atoms with van der Waals surface area (Å²) in [6.07, 6.45) is 3.36. The molecule has 2 nitrogen and oxygen atoms in total. The molecule has 1 fully saturated rings. The van der Waals surface area contributed by atoms with E-state index in [9.17, 15) is 0 Å². The molecule has 0 spiro atoms. The van der Waals surface area contributed by atoms with Gasteiger partial charge in [-0.25, -0.2) is 0 Å². The van der Waals surface area contributed by atoms with Gasteiger partial charge in [-0.15, -0.1) is 0 Å². The second-order valence-electron chi connectivity index (χ2n) is 2.11. The molecule has 0 aromatic rings. The topological polar surface area (TPSA) is 27.1 Å².